The van der Waals surface area contributed by atoms with Gasteiger partial charge < -0.3 is 14.7 Å². The average Bonchev–Trinajstić information content (AvgIpc) is 3.16. The van der Waals surface area contributed by atoms with E-state index in [0.717, 1.165) is 16.1 Å². The summed E-state index contributed by atoms with van der Waals surface area (Å²) in [6.07, 6.45) is 1.91. The molecule has 23 heavy (non-hydrogen) atoms. The maximum absolute atomic E-state index is 12.5. The fourth-order valence-electron chi connectivity index (χ4n) is 2.38. The third-order valence-corrected chi connectivity index (χ3v) is 4.85. The summed E-state index contributed by atoms with van der Waals surface area (Å²) in [5.41, 5.74) is 1.93. The summed E-state index contributed by atoms with van der Waals surface area (Å²) in [5, 5.41) is 3.05. The largest absolute Gasteiger partial charge is 0.467 e. The van der Waals surface area contributed by atoms with Crippen LogP contribution in [0.4, 0.5) is 0 Å². The molecular weight excluding hydrogens is 328 g/mol. The van der Waals surface area contributed by atoms with Gasteiger partial charge >= 0.3 is 0 Å². The van der Waals surface area contributed by atoms with Crippen molar-refractivity contribution in [3.63, 3.8) is 0 Å². The van der Waals surface area contributed by atoms with Crippen molar-refractivity contribution in [1.29, 1.82) is 0 Å². The number of hydrogen-bond donors (Lipinski definition) is 2. The van der Waals surface area contributed by atoms with Crippen molar-refractivity contribution >= 4 is 29.5 Å². The van der Waals surface area contributed by atoms with Crippen LogP contribution in [0.1, 0.15) is 27.9 Å². The van der Waals surface area contributed by atoms with E-state index < -0.39 is 0 Å². The lowest BCUT2D eigenvalue weighted by atomic mass is 10.0. The van der Waals surface area contributed by atoms with Gasteiger partial charge in [0.05, 0.1) is 12.7 Å². The first kappa shape index (κ1) is 15.7. The quantitative estimate of drug-likeness (QED) is 0.684. The van der Waals surface area contributed by atoms with E-state index in [1.165, 1.54) is 11.3 Å². The van der Waals surface area contributed by atoms with E-state index in [1.54, 1.807) is 6.26 Å². The Morgan fingerprint density at radius 2 is 2.09 bits per heavy atom. The first-order chi connectivity index (χ1) is 11.1. The maximum Gasteiger partial charge on any atom is 0.226 e. The number of furan rings is 1. The number of benzene rings is 1. The van der Waals surface area contributed by atoms with Gasteiger partial charge in [-0.05, 0) is 36.8 Å². The number of nitrogens with one attached hydrogen (secondary N) is 2. The van der Waals surface area contributed by atoms with Crippen LogP contribution in [0.15, 0.2) is 53.1 Å². The summed E-state index contributed by atoms with van der Waals surface area (Å²) in [4.78, 5) is 16.5. The fourth-order valence-corrected chi connectivity index (χ4v) is 3.67. The highest BCUT2D eigenvalue weighted by Crippen LogP contribution is 2.23. The highest BCUT2D eigenvalue weighted by Gasteiger charge is 2.20. The minimum Gasteiger partial charge on any atom is -0.467 e. The molecule has 6 heteroatoms. The van der Waals surface area contributed by atoms with Crippen molar-refractivity contribution in [3.8, 4) is 0 Å². The molecule has 0 aliphatic carbocycles. The number of aryl methyl sites for hydroxylation is 1. The van der Waals surface area contributed by atoms with E-state index in [9.17, 15) is 4.79 Å². The Morgan fingerprint density at radius 1 is 1.30 bits per heavy atom. The number of hydrogen-bond acceptors (Lipinski definition) is 4. The Labute approximate surface area is 143 Å². The molecular formula is C17H16N2O2S2. The van der Waals surface area contributed by atoms with E-state index in [4.69, 9.17) is 16.6 Å². The van der Waals surface area contributed by atoms with Gasteiger partial charge in [-0.1, -0.05) is 30.3 Å². The van der Waals surface area contributed by atoms with Gasteiger partial charge in [0.25, 0.3) is 0 Å². The number of thiazole rings is 1. The van der Waals surface area contributed by atoms with Crippen molar-refractivity contribution in [2.24, 2.45) is 0 Å². The number of H-pyrrole nitrogens is 1. The summed E-state index contributed by atoms with van der Waals surface area (Å²) in [6.45, 7) is 1.93. The van der Waals surface area contributed by atoms with Gasteiger partial charge in [-0.15, -0.1) is 11.3 Å². The predicted molar refractivity (Wildman–Crippen MR) is 93.1 cm³/mol. The van der Waals surface area contributed by atoms with Crippen LogP contribution in [0.25, 0.3) is 0 Å². The molecule has 0 fully saturated rings. The molecule has 2 N–H and O–H groups in total. The normalized spacial score (nSPS) is 12.0. The summed E-state index contributed by atoms with van der Waals surface area (Å²) in [6, 6.07) is 13.2. The van der Waals surface area contributed by atoms with Gasteiger partial charge in [-0.3, -0.25) is 4.79 Å². The number of carbonyl (C=O) groups is 1. The fraction of sp³-hybridized carbons (Fsp3) is 0.176. The molecule has 0 unspecified atom stereocenters. The van der Waals surface area contributed by atoms with E-state index in [2.05, 4.69) is 10.3 Å². The molecule has 4 nitrogen and oxygen atoms in total. The number of aromatic amines is 1. The maximum atomic E-state index is 12.5. The van der Waals surface area contributed by atoms with Crippen LogP contribution in [0.5, 0.6) is 0 Å². The Bertz CT molecular complexity index is 835. The lowest BCUT2D eigenvalue weighted by molar-refractivity contribution is -0.121. The minimum atomic E-state index is -0.300. The Balaban J connectivity index is 1.80. The third kappa shape index (κ3) is 3.78. The van der Waals surface area contributed by atoms with E-state index in [1.807, 2.05) is 49.4 Å². The molecule has 0 radical (unpaired) electrons. The van der Waals surface area contributed by atoms with E-state index in [0.29, 0.717) is 16.1 Å². The molecule has 3 aromatic rings. The van der Waals surface area contributed by atoms with Crippen molar-refractivity contribution < 1.29 is 9.21 Å². The van der Waals surface area contributed by atoms with Crippen LogP contribution >= 0.6 is 23.6 Å². The van der Waals surface area contributed by atoms with Gasteiger partial charge in [0.15, 0.2) is 3.95 Å². The molecule has 0 spiro atoms. The van der Waals surface area contributed by atoms with Crippen molar-refractivity contribution in [2.45, 2.75) is 19.4 Å². The van der Waals surface area contributed by atoms with Gasteiger partial charge in [-0.2, -0.15) is 0 Å². The molecule has 0 bridgehead atoms. The standard InChI is InChI=1S/C17H16N2O2S2/c1-11-14(23-17(22)18-11)10-15(20)19-16(13-8-5-9-21-13)12-6-3-2-4-7-12/h2-9,16H,10H2,1H3,(H,18,22)(H,19,20)/t16-/m1/s1. The Hall–Kier alpha value is -2.18. The zero-order chi connectivity index (χ0) is 16.2. The zero-order valence-corrected chi connectivity index (χ0v) is 14.2. The molecule has 1 atom stereocenters. The zero-order valence-electron chi connectivity index (χ0n) is 12.5. The molecule has 0 saturated heterocycles. The summed E-state index contributed by atoms with van der Waals surface area (Å²) < 4.78 is 6.18. The molecule has 3 rings (SSSR count). The monoisotopic (exact) mass is 344 g/mol. The lowest BCUT2D eigenvalue weighted by Gasteiger charge is -2.17. The summed E-state index contributed by atoms with van der Waals surface area (Å²) in [7, 11) is 0. The van der Waals surface area contributed by atoms with E-state index >= 15 is 0 Å². The van der Waals surface area contributed by atoms with Gasteiger partial charge in [0, 0.05) is 10.6 Å². The average molecular weight is 344 g/mol. The second-order valence-corrected chi connectivity index (χ2v) is 6.94. The number of rotatable bonds is 5. The summed E-state index contributed by atoms with van der Waals surface area (Å²) in [5.74, 6) is 0.645. The molecule has 0 saturated carbocycles. The van der Waals surface area contributed by atoms with Gasteiger partial charge in [0.1, 0.15) is 11.8 Å². The second kappa shape index (κ2) is 6.93. The van der Waals surface area contributed by atoms with Crippen LogP contribution < -0.4 is 5.32 Å². The van der Waals surface area contributed by atoms with E-state index in [-0.39, 0.29) is 11.9 Å². The molecule has 2 aromatic heterocycles. The topological polar surface area (TPSA) is 58.0 Å². The van der Waals surface area contributed by atoms with Gasteiger partial charge in [0.2, 0.25) is 5.91 Å². The Kier molecular flexibility index (Phi) is 4.73. The number of amides is 1. The first-order valence-electron chi connectivity index (χ1n) is 7.20. The number of carbonyl (C=O) groups excluding carboxylic acids is 1. The lowest BCUT2D eigenvalue weighted by Crippen LogP contribution is -2.30. The van der Waals surface area contributed by atoms with Crippen molar-refractivity contribution in [1.82, 2.24) is 10.3 Å². The Morgan fingerprint density at radius 3 is 2.70 bits per heavy atom. The predicted octanol–water partition coefficient (Wildman–Crippen LogP) is 4.16. The second-order valence-electron chi connectivity index (χ2n) is 5.17. The molecule has 1 aromatic carbocycles. The van der Waals surface area contributed by atoms with Crippen LogP contribution in [0, 0.1) is 10.9 Å². The molecule has 0 aliphatic heterocycles. The van der Waals surface area contributed by atoms with Crippen LogP contribution in [0.2, 0.25) is 0 Å². The smallest absolute Gasteiger partial charge is 0.226 e. The first-order valence-corrected chi connectivity index (χ1v) is 8.42. The highest BCUT2D eigenvalue weighted by atomic mass is 32.1. The SMILES string of the molecule is Cc1[nH]c(=S)sc1CC(=O)N[C@H](c1ccccc1)c1ccco1. The van der Waals surface area contributed by atoms with Crippen LogP contribution in [-0.2, 0) is 11.2 Å². The molecule has 2 heterocycles. The minimum absolute atomic E-state index is 0.0661. The van der Waals surface area contributed by atoms with Crippen molar-refractivity contribution in [3.05, 3.63) is 74.6 Å². The molecule has 1 amide bonds. The van der Waals surface area contributed by atoms with Crippen LogP contribution in [0.3, 0.4) is 0 Å². The number of aromatic nitrogens is 1. The third-order valence-electron chi connectivity index (χ3n) is 3.51. The van der Waals surface area contributed by atoms with Gasteiger partial charge in [-0.25, -0.2) is 0 Å². The highest BCUT2D eigenvalue weighted by molar-refractivity contribution is 7.73. The molecule has 118 valence electrons. The van der Waals surface area contributed by atoms with Crippen LogP contribution in [-0.4, -0.2) is 10.9 Å². The summed E-state index contributed by atoms with van der Waals surface area (Å²) >= 11 is 6.56. The van der Waals surface area contributed by atoms with Crippen molar-refractivity contribution in [2.75, 3.05) is 0 Å². The molecule has 0 aliphatic rings.